The Morgan fingerprint density at radius 1 is 1.50 bits per heavy atom. The fourth-order valence-corrected chi connectivity index (χ4v) is 2.23. The fraction of sp³-hybridized carbons (Fsp3) is 0.0833. The van der Waals surface area contributed by atoms with E-state index in [4.69, 9.17) is 11.0 Å². The standard InChI is InChI=1S/C12H10N4OS/c1-7-10(18-12(14)15-7)11(17)16-9-5-3-2-4-8(9)6-13/h2-5H,1H3,(H2,14,15)(H,16,17). The Morgan fingerprint density at radius 2 is 2.22 bits per heavy atom. The van der Waals surface area contributed by atoms with Gasteiger partial charge in [0.05, 0.1) is 16.9 Å². The number of nitriles is 1. The Bertz CT molecular complexity index is 642. The van der Waals surface area contributed by atoms with E-state index in [0.717, 1.165) is 11.3 Å². The number of aryl methyl sites for hydroxylation is 1. The zero-order valence-corrected chi connectivity index (χ0v) is 10.4. The Kier molecular flexibility index (Phi) is 3.26. The normalized spacial score (nSPS) is 9.78. The van der Waals surface area contributed by atoms with Gasteiger partial charge in [-0.2, -0.15) is 5.26 Å². The van der Waals surface area contributed by atoms with E-state index >= 15 is 0 Å². The van der Waals surface area contributed by atoms with Crippen LogP contribution in [0.2, 0.25) is 0 Å². The monoisotopic (exact) mass is 258 g/mol. The second kappa shape index (κ2) is 4.85. The lowest BCUT2D eigenvalue weighted by molar-refractivity contribution is 0.103. The van der Waals surface area contributed by atoms with Gasteiger partial charge in [-0.25, -0.2) is 4.98 Å². The van der Waals surface area contributed by atoms with Crippen LogP contribution in [0.25, 0.3) is 0 Å². The summed E-state index contributed by atoms with van der Waals surface area (Å²) in [7, 11) is 0. The van der Waals surface area contributed by atoms with Gasteiger partial charge in [0.25, 0.3) is 5.91 Å². The summed E-state index contributed by atoms with van der Waals surface area (Å²) >= 11 is 1.13. The molecular weight excluding hydrogens is 248 g/mol. The minimum absolute atomic E-state index is 0.301. The number of carbonyl (C=O) groups excluding carboxylic acids is 1. The Morgan fingerprint density at radius 3 is 2.83 bits per heavy atom. The molecule has 6 heteroatoms. The average Bonchev–Trinajstić information content (AvgIpc) is 2.69. The van der Waals surface area contributed by atoms with Crippen molar-refractivity contribution in [2.24, 2.45) is 0 Å². The first-order valence-electron chi connectivity index (χ1n) is 5.15. The number of nitrogen functional groups attached to an aromatic ring is 1. The molecule has 3 N–H and O–H groups in total. The van der Waals surface area contributed by atoms with Crippen molar-refractivity contribution in [2.45, 2.75) is 6.92 Å². The summed E-state index contributed by atoms with van der Waals surface area (Å²) in [5, 5.41) is 12.0. The molecule has 0 aliphatic rings. The number of carbonyl (C=O) groups is 1. The molecule has 1 heterocycles. The molecule has 1 aromatic carbocycles. The Balaban J connectivity index is 2.27. The van der Waals surface area contributed by atoms with Gasteiger partial charge in [-0.15, -0.1) is 0 Å². The number of hydrogen-bond acceptors (Lipinski definition) is 5. The first-order valence-corrected chi connectivity index (χ1v) is 5.97. The number of para-hydroxylation sites is 1. The predicted molar refractivity (Wildman–Crippen MR) is 70.4 cm³/mol. The second-order valence-electron chi connectivity index (χ2n) is 3.58. The summed E-state index contributed by atoms with van der Waals surface area (Å²) in [6.45, 7) is 1.72. The molecule has 0 fully saturated rings. The van der Waals surface area contributed by atoms with Gasteiger partial charge in [-0.05, 0) is 19.1 Å². The Hall–Kier alpha value is -2.39. The fourth-order valence-electron chi connectivity index (χ4n) is 1.50. The molecule has 18 heavy (non-hydrogen) atoms. The predicted octanol–water partition coefficient (Wildman–Crippen LogP) is 2.16. The van der Waals surface area contributed by atoms with Crippen LogP contribution in [0.4, 0.5) is 10.8 Å². The SMILES string of the molecule is Cc1nc(N)sc1C(=O)Nc1ccccc1C#N. The molecule has 0 unspecified atom stereocenters. The van der Waals surface area contributed by atoms with E-state index in [1.165, 1.54) is 0 Å². The molecule has 2 rings (SSSR count). The van der Waals surface area contributed by atoms with Gasteiger partial charge in [-0.1, -0.05) is 23.5 Å². The van der Waals surface area contributed by atoms with Crippen molar-refractivity contribution in [3.8, 4) is 6.07 Å². The average molecular weight is 258 g/mol. The first kappa shape index (κ1) is 12.1. The lowest BCUT2D eigenvalue weighted by atomic mass is 10.2. The highest BCUT2D eigenvalue weighted by atomic mass is 32.1. The van der Waals surface area contributed by atoms with Gasteiger partial charge >= 0.3 is 0 Å². The van der Waals surface area contributed by atoms with Gasteiger partial charge in [-0.3, -0.25) is 4.79 Å². The van der Waals surface area contributed by atoms with Crippen LogP contribution in [-0.2, 0) is 0 Å². The smallest absolute Gasteiger partial charge is 0.267 e. The summed E-state index contributed by atoms with van der Waals surface area (Å²) in [5.41, 5.74) is 7.03. The summed E-state index contributed by atoms with van der Waals surface area (Å²) in [4.78, 5) is 16.5. The molecule has 0 aliphatic carbocycles. The zero-order chi connectivity index (χ0) is 13.1. The number of rotatable bonds is 2. The number of anilines is 2. The second-order valence-corrected chi connectivity index (χ2v) is 4.61. The number of benzene rings is 1. The van der Waals surface area contributed by atoms with Crippen LogP contribution in [-0.4, -0.2) is 10.9 Å². The van der Waals surface area contributed by atoms with Crippen molar-refractivity contribution in [3.63, 3.8) is 0 Å². The Labute approximate surface area is 108 Å². The van der Waals surface area contributed by atoms with Gasteiger partial charge in [0.2, 0.25) is 0 Å². The zero-order valence-electron chi connectivity index (χ0n) is 9.60. The molecule has 1 aromatic heterocycles. The minimum Gasteiger partial charge on any atom is -0.375 e. The largest absolute Gasteiger partial charge is 0.375 e. The topological polar surface area (TPSA) is 91.8 Å². The summed E-state index contributed by atoms with van der Waals surface area (Å²) in [6.07, 6.45) is 0. The maximum Gasteiger partial charge on any atom is 0.267 e. The maximum atomic E-state index is 12.0. The molecule has 0 saturated heterocycles. The van der Waals surface area contributed by atoms with Gasteiger partial charge in [0, 0.05) is 0 Å². The van der Waals surface area contributed by atoms with Crippen molar-refractivity contribution >= 4 is 28.1 Å². The van der Waals surface area contributed by atoms with E-state index in [0.29, 0.717) is 27.0 Å². The summed E-state index contributed by atoms with van der Waals surface area (Å²) in [6, 6.07) is 8.83. The molecule has 1 amide bonds. The lowest BCUT2D eigenvalue weighted by Gasteiger charge is -2.05. The molecule has 0 bridgehead atoms. The highest BCUT2D eigenvalue weighted by Crippen LogP contribution is 2.22. The third-order valence-corrected chi connectivity index (χ3v) is 3.30. The molecule has 5 nitrogen and oxygen atoms in total. The van der Waals surface area contributed by atoms with Crippen molar-refractivity contribution < 1.29 is 4.79 Å². The minimum atomic E-state index is -0.301. The number of aromatic nitrogens is 1. The molecule has 90 valence electrons. The molecule has 0 atom stereocenters. The van der Waals surface area contributed by atoms with E-state index in [2.05, 4.69) is 10.3 Å². The molecule has 2 aromatic rings. The van der Waals surface area contributed by atoms with Crippen molar-refractivity contribution in [3.05, 3.63) is 40.4 Å². The van der Waals surface area contributed by atoms with E-state index in [-0.39, 0.29) is 5.91 Å². The number of hydrogen-bond donors (Lipinski definition) is 2. The van der Waals surface area contributed by atoms with E-state index in [1.807, 2.05) is 6.07 Å². The van der Waals surface area contributed by atoms with Gasteiger partial charge in [0.15, 0.2) is 5.13 Å². The molecular formula is C12H10N4OS. The quantitative estimate of drug-likeness (QED) is 0.863. The van der Waals surface area contributed by atoms with E-state index < -0.39 is 0 Å². The summed E-state index contributed by atoms with van der Waals surface area (Å²) < 4.78 is 0. The van der Waals surface area contributed by atoms with Crippen LogP contribution in [0.5, 0.6) is 0 Å². The van der Waals surface area contributed by atoms with Crippen molar-refractivity contribution in [1.82, 2.24) is 4.98 Å². The van der Waals surface area contributed by atoms with Crippen LogP contribution >= 0.6 is 11.3 Å². The van der Waals surface area contributed by atoms with Crippen LogP contribution in [0.15, 0.2) is 24.3 Å². The van der Waals surface area contributed by atoms with Crippen LogP contribution in [0, 0.1) is 18.3 Å². The van der Waals surface area contributed by atoms with E-state index in [9.17, 15) is 4.79 Å². The van der Waals surface area contributed by atoms with E-state index in [1.54, 1.807) is 31.2 Å². The number of nitrogens with zero attached hydrogens (tertiary/aromatic N) is 2. The molecule has 0 spiro atoms. The van der Waals surface area contributed by atoms with Crippen LogP contribution in [0.1, 0.15) is 20.9 Å². The van der Waals surface area contributed by atoms with Gasteiger partial charge < -0.3 is 11.1 Å². The molecule has 0 saturated carbocycles. The number of thiazole rings is 1. The highest BCUT2D eigenvalue weighted by molar-refractivity contribution is 7.17. The lowest BCUT2D eigenvalue weighted by Crippen LogP contribution is -2.12. The van der Waals surface area contributed by atoms with Crippen LogP contribution < -0.4 is 11.1 Å². The van der Waals surface area contributed by atoms with Gasteiger partial charge in [0.1, 0.15) is 10.9 Å². The van der Waals surface area contributed by atoms with Crippen molar-refractivity contribution in [1.29, 1.82) is 5.26 Å². The maximum absolute atomic E-state index is 12.0. The highest BCUT2D eigenvalue weighted by Gasteiger charge is 2.15. The van der Waals surface area contributed by atoms with Crippen molar-refractivity contribution in [2.75, 3.05) is 11.1 Å². The first-order chi connectivity index (χ1) is 8.61. The van der Waals surface area contributed by atoms with Crippen LogP contribution in [0.3, 0.4) is 0 Å². The summed E-state index contributed by atoms with van der Waals surface area (Å²) in [5.74, 6) is -0.301. The number of amides is 1. The number of nitrogens with one attached hydrogen (secondary N) is 1. The third-order valence-electron chi connectivity index (χ3n) is 2.32. The molecule has 0 aliphatic heterocycles. The number of nitrogens with two attached hydrogens (primary N) is 1. The third kappa shape index (κ3) is 2.31. The molecule has 0 radical (unpaired) electrons.